The van der Waals surface area contributed by atoms with Crippen molar-refractivity contribution in [1.82, 2.24) is 25.1 Å². The lowest BCUT2D eigenvalue weighted by atomic mass is 10.0. The molecule has 0 spiro atoms. The molecule has 14 heteroatoms. The van der Waals surface area contributed by atoms with E-state index in [0.717, 1.165) is 0 Å². The number of nitrogens with zero attached hydrogens (tertiary/aromatic N) is 5. The zero-order chi connectivity index (χ0) is 24.6. The van der Waals surface area contributed by atoms with Gasteiger partial charge in [-0.25, -0.2) is 9.97 Å². The molecule has 0 aliphatic heterocycles. The van der Waals surface area contributed by atoms with Crippen molar-refractivity contribution in [2.75, 3.05) is 0 Å². The highest BCUT2D eigenvalue weighted by Crippen LogP contribution is 2.36. The zero-order valence-corrected chi connectivity index (χ0v) is 18.5. The Labute approximate surface area is 195 Å². The van der Waals surface area contributed by atoms with Crippen molar-refractivity contribution < 1.29 is 31.1 Å². The fourth-order valence-corrected chi connectivity index (χ4v) is 2.89. The quantitative estimate of drug-likeness (QED) is 0.531. The van der Waals surface area contributed by atoms with Crippen LogP contribution in [-0.2, 0) is 12.4 Å². The van der Waals surface area contributed by atoms with E-state index < -0.39 is 41.0 Å². The van der Waals surface area contributed by atoms with Crippen LogP contribution in [0.2, 0.25) is 0 Å². The smallest absolute Gasteiger partial charge is 0.342 e. The molecule has 3 rings (SSSR count). The number of amides is 1. The average Bonchev–Trinajstić information content (AvgIpc) is 3.14. The van der Waals surface area contributed by atoms with Gasteiger partial charge in [0.1, 0.15) is 11.9 Å². The highest BCUT2D eigenvalue weighted by atomic mass is 32.1. The average molecular weight is 502 g/mol. The van der Waals surface area contributed by atoms with E-state index in [1.54, 1.807) is 6.92 Å². The molecule has 0 saturated carbocycles. The number of halogens is 6. The summed E-state index contributed by atoms with van der Waals surface area (Å²) in [5.74, 6) is -0.528. The summed E-state index contributed by atoms with van der Waals surface area (Å²) in [5.41, 5.74) is -3.74. The van der Waals surface area contributed by atoms with E-state index in [9.17, 15) is 31.1 Å². The zero-order valence-electron chi connectivity index (χ0n) is 17.5. The summed E-state index contributed by atoms with van der Waals surface area (Å²) in [5, 5.41) is 15.4. The van der Waals surface area contributed by atoms with Crippen molar-refractivity contribution in [3.63, 3.8) is 0 Å². The van der Waals surface area contributed by atoms with Gasteiger partial charge in [-0.1, -0.05) is 0 Å². The summed E-state index contributed by atoms with van der Waals surface area (Å²) >= 11 is 0. The van der Waals surface area contributed by atoms with Gasteiger partial charge in [0.05, 0.1) is 22.7 Å². The summed E-state index contributed by atoms with van der Waals surface area (Å²) in [7, 11) is 0. The number of hydrogen-bond donors (Lipinski definition) is 1. The van der Waals surface area contributed by atoms with Gasteiger partial charge < -0.3 is 5.32 Å². The van der Waals surface area contributed by atoms with E-state index in [1.165, 1.54) is 29.9 Å². The van der Waals surface area contributed by atoms with Gasteiger partial charge in [-0.15, -0.1) is 5.10 Å². The largest absolute Gasteiger partial charge is 0.416 e. The first kappa shape index (κ1) is 26.7. The summed E-state index contributed by atoms with van der Waals surface area (Å²) in [6.45, 7) is 2.97. The minimum atomic E-state index is -5.08. The first-order valence-electron chi connectivity index (χ1n) is 9.20. The summed E-state index contributed by atoms with van der Waals surface area (Å²) in [6, 6.07) is 4.48. The van der Waals surface area contributed by atoms with Gasteiger partial charge in [-0.3, -0.25) is 4.79 Å². The normalized spacial score (nSPS) is 12.4. The van der Waals surface area contributed by atoms with Gasteiger partial charge in [0.25, 0.3) is 5.91 Å². The Morgan fingerprint density at radius 1 is 1.09 bits per heavy atom. The number of carbonyl (C=O) groups excluding carboxylic acids is 1. The van der Waals surface area contributed by atoms with E-state index in [-0.39, 0.29) is 42.6 Å². The molecule has 34 heavy (non-hydrogen) atoms. The van der Waals surface area contributed by atoms with Crippen LogP contribution in [-0.4, -0.2) is 25.7 Å². The molecule has 0 radical (unpaired) electrons. The predicted molar refractivity (Wildman–Crippen MR) is 111 cm³/mol. The lowest BCUT2D eigenvalue weighted by Gasteiger charge is -2.17. The van der Waals surface area contributed by atoms with Gasteiger partial charge in [0, 0.05) is 11.8 Å². The van der Waals surface area contributed by atoms with E-state index in [4.69, 9.17) is 5.26 Å². The van der Waals surface area contributed by atoms with Crippen LogP contribution in [0.1, 0.15) is 51.7 Å². The van der Waals surface area contributed by atoms with Crippen molar-refractivity contribution in [3.8, 4) is 11.9 Å². The molecule has 3 aromatic rings. The third kappa shape index (κ3) is 5.84. The Hall–Kier alpha value is -3.60. The third-order valence-electron chi connectivity index (χ3n) is 4.42. The maximum absolute atomic E-state index is 13.1. The van der Waals surface area contributed by atoms with Crippen LogP contribution < -0.4 is 5.32 Å². The maximum Gasteiger partial charge on any atom is 0.416 e. The second kappa shape index (κ2) is 9.72. The van der Waals surface area contributed by atoms with Crippen LogP contribution >= 0.6 is 13.5 Å². The molecule has 2 heterocycles. The number of aryl methyl sites for hydroxylation is 1. The van der Waals surface area contributed by atoms with E-state index >= 15 is 0 Å². The summed E-state index contributed by atoms with van der Waals surface area (Å²) in [6.07, 6.45) is -8.89. The fourth-order valence-electron chi connectivity index (χ4n) is 2.89. The van der Waals surface area contributed by atoms with Crippen LogP contribution in [0.15, 0.2) is 36.5 Å². The Morgan fingerprint density at radius 3 is 2.15 bits per heavy atom. The van der Waals surface area contributed by atoms with Gasteiger partial charge in [-0.2, -0.15) is 49.8 Å². The van der Waals surface area contributed by atoms with Crippen molar-refractivity contribution in [2.24, 2.45) is 0 Å². The molecule has 0 bridgehead atoms. The Bertz CT molecular complexity index is 1200. The van der Waals surface area contributed by atoms with Crippen molar-refractivity contribution in [3.05, 3.63) is 70.4 Å². The SMILES string of the molecule is Cc1nc([C@H](C)NC(=O)c2cc(C(F)(F)F)cc(C(F)(F)F)c2)n(-c2ccc(C#N)cn2)n1.S. The number of nitrogens with one attached hydrogen (secondary N) is 1. The molecule has 1 amide bonds. The maximum atomic E-state index is 13.1. The highest BCUT2D eigenvalue weighted by molar-refractivity contribution is 7.59. The van der Waals surface area contributed by atoms with Gasteiger partial charge >= 0.3 is 12.4 Å². The molecule has 1 aromatic carbocycles. The number of carbonyl (C=O) groups is 1. The van der Waals surface area contributed by atoms with Crippen molar-refractivity contribution in [2.45, 2.75) is 32.2 Å². The van der Waals surface area contributed by atoms with Crippen LogP contribution in [0.25, 0.3) is 5.82 Å². The van der Waals surface area contributed by atoms with Crippen LogP contribution in [0.3, 0.4) is 0 Å². The molecule has 1 N–H and O–H groups in total. The van der Waals surface area contributed by atoms with Gasteiger partial charge in [0.2, 0.25) is 0 Å². The lowest BCUT2D eigenvalue weighted by Crippen LogP contribution is -2.29. The molecule has 7 nitrogen and oxygen atoms in total. The van der Waals surface area contributed by atoms with Crippen LogP contribution in [0.4, 0.5) is 26.3 Å². The minimum Gasteiger partial charge on any atom is -0.342 e. The van der Waals surface area contributed by atoms with E-state index in [0.29, 0.717) is 12.1 Å². The van der Waals surface area contributed by atoms with E-state index in [1.807, 2.05) is 6.07 Å². The lowest BCUT2D eigenvalue weighted by molar-refractivity contribution is -0.143. The molecular formula is C20H16F6N6OS. The van der Waals surface area contributed by atoms with Crippen molar-refractivity contribution >= 4 is 19.4 Å². The molecular weight excluding hydrogens is 486 g/mol. The number of alkyl halides is 6. The molecule has 1 atom stereocenters. The first-order chi connectivity index (χ1) is 15.3. The Morgan fingerprint density at radius 2 is 1.68 bits per heavy atom. The molecule has 180 valence electrons. The third-order valence-corrected chi connectivity index (χ3v) is 4.42. The predicted octanol–water partition coefficient (Wildman–Crippen LogP) is 4.48. The number of hydrogen-bond acceptors (Lipinski definition) is 5. The van der Waals surface area contributed by atoms with Crippen LogP contribution in [0.5, 0.6) is 0 Å². The summed E-state index contributed by atoms with van der Waals surface area (Å²) in [4.78, 5) is 20.8. The number of benzene rings is 1. The second-order valence-corrected chi connectivity index (χ2v) is 6.94. The standard InChI is InChI=1S/C20H14F6N6O.H2S/c1-10(17-30-11(2)31-32(17)16-4-3-12(8-27)9-28-16)29-18(33)13-5-14(19(21,22)23)7-15(6-13)20(24,25)26;/h3-7,9-10H,1-2H3,(H,29,33);1H2/t10-;/m0./s1. The molecule has 0 fully saturated rings. The number of rotatable bonds is 4. The van der Waals surface area contributed by atoms with Crippen molar-refractivity contribution in [1.29, 1.82) is 5.26 Å². The molecule has 0 aliphatic rings. The molecule has 2 aromatic heterocycles. The summed E-state index contributed by atoms with van der Waals surface area (Å²) < 4.78 is 79.7. The highest BCUT2D eigenvalue weighted by Gasteiger charge is 2.37. The number of pyridine rings is 1. The van der Waals surface area contributed by atoms with Gasteiger partial charge in [0.15, 0.2) is 11.6 Å². The number of aromatic nitrogens is 4. The molecule has 0 saturated heterocycles. The number of nitriles is 1. The topological polar surface area (TPSA) is 96.5 Å². The van der Waals surface area contributed by atoms with Crippen LogP contribution in [0, 0.1) is 18.3 Å². The van der Waals surface area contributed by atoms with E-state index in [2.05, 4.69) is 20.4 Å². The Kier molecular flexibility index (Phi) is 7.62. The van der Waals surface area contributed by atoms with Gasteiger partial charge in [-0.05, 0) is 44.2 Å². The monoisotopic (exact) mass is 502 g/mol. The molecule has 0 aliphatic carbocycles. The second-order valence-electron chi connectivity index (χ2n) is 6.94. The fraction of sp³-hybridized carbons (Fsp3) is 0.250. The Balaban J connectivity index is 0.00000408. The first-order valence-corrected chi connectivity index (χ1v) is 9.20. The molecule has 0 unspecified atom stereocenters. The minimum absolute atomic E-state index is 0.